The summed E-state index contributed by atoms with van der Waals surface area (Å²) in [6.45, 7) is 0.697. The van der Waals surface area contributed by atoms with Crippen molar-refractivity contribution in [1.29, 1.82) is 0 Å². The van der Waals surface area contributed by atoms with Gasteiger partial charge in [-0.25, -0.2) is 0 Å². The molecule has 0 bridgehead atoms. The molecule has 0 spiro atoms. The number of benzene rings is 1. The smallest absolute Gasteiger partial charge is 0.187 e. The molecule has 1 aromatic carbocycles. The Kier molecular flexibility index (Phi) is 3.46. The van der Waals surface area contributed by atoms with E-state index in [-0.39, 0.29) is 0 Å². The lowest BCUT2D eigenvalue weighted by atomic mass is 10.1. The molecule has 4 aromatic rings. The predicted molar refractivity (Wildman–Crippen MR) is 100 cm³/mol. The third-order valence-corrected chi connectivity index (χ3v) is 4.78. The van der Waals surface area contributed by atoms with E-state index in [1.54, 1.807) is 20.4 Å². The van der Waals surface area contributed by atoms with E-state index in [0.717, 1.165) is 28.5 Å². The van der Waals surface area contributed by atoms with Crippen LogP contribution in [0.1, 0.15) is 5.56 Å². The number of nitrogens with zero attached hydrogens (tertiary/aromatic N) is 5. The summed E-state index contributed by atoms with van der Waals surface area (Å²) in [7, 11) is 3.28. The molecule has 0 aliphatic carbocycles. The van der Waals surface area contributed by atoms with Crippen molar-refractivity contribution in [2.45, 2.75) is 6.54 Å². The highest BCUT2D eigenvalue weighted by molar-refractivity contribution is 5.68. The molecule has 5 rings (SSSR count). The van der Waals surface area contributed by atoms with Gasteiger partial charge in [0.05, 0.1) is 25.6 Å². The Morgan fingerprint density at radius 1 is 0.926 bits per heavy atom. The molecule has 4 heterocycles. The quantitative estimate of drug-likeness (QED) is 0.495. The SMILES string of the molecule is COc1cc2c(cc1OC)-n1c(-c3ccccn3)nnc1-c1cccn1C2. The molecule has 7 nitrogen and oxygen atoms in total. The van der Waals surface area contributed by atoms with Crippen LogP contribution in [0.15, 0.2) is 54.9 Å². The number of hydrogen-bond donors (Lipinski definition) is 0. The van der Waals surface area contributed by atoms with Crippen LogP contribution >= 0.6 is 0 Å². The van der Waals surface area contributed by atoms with Crippen LogP contribution in [-0.2, 0) is 6.54 Å². The standard InChI is InChI=1S/C20H17N5O2/c1-26-17-10-13-12-24-9-5-7-15(24)20-23-22-19(14-6-3-4-8-21-14)25(20)16(13)11-18(17)27-2/h3-11H,12H2,1-2H3. The minimum absolute atomic E-state index is 0.662. The molecule has 0 fully saturated rings. The molecule has 27 heavy (non-hydrogen) atoms. The number of methoxy groups -OCH3 is 2. The van der Waals surface area contributed by atoms with Crippen molar-refractivity contribution in [2.24, 2.45) is 0 Å². The molecular weight excluding hydrogens is 342 g/mol. The molecule has 7 heteroatoms. The van der Waals surface area contributed by atoms with E-state index >= 15 is 0 Å². The molecule has 0 atom stereocenters. The molecule has 3 aromatic heterocycles. The number of hydrogen-bond acceptors (Lipinski definition) is 5. The van der Waals surface area contributed by atoms with E-state index in [0.29, 0.717) is 23.9 Å². The molecule has 134 valence electrons. The van der Waals surface area contributed by atoms with Crippen molar-refractivity contribution >= 4 is 0 Å². The third-order valence-electron chi connectivity index (χ3n) is 4.78. The Bertz CT molecular complexity index is 1130. The first-order valence-corrected chi connectivity index (χ1v) is 8.57. The summed E-state index contributed by atoms with van der Waals surface area (Å²) in [6, 6.07) is 13.8. The van der Waals surface area contributed by atoms with Crippen LogP contribution in [0.25, 0.3) is 28.7 Å². The van der Waals surface area contributed by atoms with Gasteiger partial charge in [-0.3, -0.25) is 9.55 Å². The lowest BCUT2D eigenvalue weighted by Gasteiger charge is -2.15. The number of ether oxygens (including phenoxy) is 2. The second-order valence-corrected chi connectivity index (χ2v) is 6.25. The van der Waals surface area contributed by atoms with E-state index in [1.807, 2.05) is 53.2 Å². The van der Waals surface area contributed by atoms with E-state index < -0.39 is 0 Å². The molecule has 0 amide bonds. The Labute approximate surface area is 155 Å². The van der Waals surface area contributed by atoms with Crippen LogP contribution in [0.2, 0.25) is 0 Å². The first kappa shape index (κ1) is 15.6. The maximum absolute atomic E-state index is 5.54. The lowest BCUT2D eigenvalue weighted by molar-refractivity contribution is 0.354. The second-order valence-electron chi connectivity index (χ2n) is 6.25. The second kappa shape index (κ2) is 5.98. The summed E-state index contributed by atoms with van der Waals surface area (Å²) >= 11 is 0. The number of fused-ring (bicyclic) bond motifs is 5. The molecule has 0 saturated carbocycles. The molecule has 1 aliphatic heterocycles. The minimum Gasteiger partial charge on any atom is -0.493 e. The van der Waals surface area contributed by atoms with E-state index in [4.69, 9.17) is 9.47 Å². The van der Waals surface area contributed by atoms with Crippen LogP contribution < -0.4 is 9.47 Å². The maximum atomic E-state index is 5.54. The molecule has 0 N–H and O–H groups in total. The average molecular weight is 359 g/mol. The van der Waals surface area contributed by atoms with Gasteiger partial charge in [-0.05, 0) is 35.9 Å². The van der Waals surface area contributed by atoms with Gasteiger partial charge < -0.3 is 14.0 Å². The van der Waals surface area contributed by atoms with Gasteiger partial charge in [-0.2, -0.15) is 0 Å². The minimum atomic E-state index is 0.662. The third kappa shape index (κ3) is 2.32. The van der Waals surface area contributed by atoms with E-state index in [2.05, 4.69) is 19.7 Å². The van der Waals surface area contributed by atoms with Crippen molar-refractivity contribution in [3.63, 3.8) is 0 Å². The van der Waals surface area contributed by atoms with Gasteiger partial charge in [-0.15, -0.1) is 10.2 Å². The first-order chi connectivity index (χ1) is 13.3. The van der Waals surface area contributed by atoms with Gasteiger partial charge in [0.2, 0.25) is 0 Å². The van der Waals surface area contributed by atoms with Gasteiger partial charge >= 0.3 is 0 Å². The zero-order chi connectivity index (χ0) is 18.4. The normalized spacial score (nSPS) is 11.9. The van der Waals surface area contributed by atoms with Crippen LogP contribution in [0.5, 0.6) is 11.5 Å². The number of aromatic nitrogens is 5. The summed E-state index contributed by atoms with van der Waals surface area (Å²) in [5.74, 6) is 2.82. The van der Waals surface area contributed by atoms with Crippen LogP contribution in [-0.4, -0.2) is 38.5 Å². The van der Waals surface area contributed by atoms with Gasteiger partial charge in [0, 0.05) is 25.0 Å². The Morgan fingerprint density at radius 2 is 1.74 bits per heavy atom. The Hall–Kier alpha value is -3.61. The van der Waals surface area contributed by atoms with Crippen molar-refractivity contribution in [3.8, 4) is 40.2 Å². The van der Waals surface area contributed by atoms with E-state index in [9.17, 15) is 0 Å². The van der Waals surface area contributed by atoms with Crippen molar-refractivity contribution in [2.75, 3.05) is 14.2 Å². The van der Waals surface area contributed by atoms with Gasteiger partial charge in [0.15, 0.2) is 23.1 Å². The monoisotopic (exact) mass is 359 g/mol. The van der Waals surface area contributed by atoms with Crippen LogP contribution in [0.3, 0.4) is 0 Å². The Morgan fingerprint density at radius 3 is 2.52 bits per heavy atom. The topological polar surface area (TPSA) is 67.0 Å². The van der Waals surface area contributed by atoms with Crippen LogP contribution in [0, 0.1) is 0 Å². The molecule has 0 saturated heterocycles. The molecule has 0 radical (unpaired) electrons. The van der Waals surface area contributed by atoms with E-state index in [1.165, 1.54) is 0 Å². The summed E-state index contributed by atoms with van der Waals surface area (Å²) in [5, 5.41) is 8.93. The number of rotatable bonds is 3. The average Bonchev–Trinajstić information content (AvgIpc) is 3.32. The fraction of sp³-hybridized carbons (Fsp3) is 0.150. The summed E-state index contributed by atoms with van der Waals surface area (Å²) in [5.41, 5.74) is 3.80. The number of pyridine rings is 1. The zero-order valence-electron chi connectivity index (χ0n) is 15.0. The maximum Gasteiger partial charge on any atom is 0.187 e. The Balaban J connectivity index is 1.85. The van der Waals surface area contributed by atoms with Gasteiger partial charge in [0.1, 0.15) is 5.69 Å². The summed E-state index contributed by atoms with van der Waals surface area (Å²) in [4.78, 5) is 4.47. The van der Waals surface area contributed by atoms with Gasteiger partial charge in [0.25, 0.3) is 0 Å². The fourth-order valence-corrected chi connectivity index (χ4v) is 3.52. The zero-order valence-corrected chi connectivity index (χ0v) is 15.0. The molecular formula is C20H17N5O2. The fourth-order valence-electron chi connectivity index (χ4n) is 3.52. The predicted octanol–water partition coefficient (Wildman–Crippen LogP) is 3.18. The highest BCUT2D eigenvalue weighted by atomic mass is 16.5. The largest absolute Gasteiger partial charge is 0.493 e. The van der Waals surface area contributed by atoms with Crippen LogP contribution in [0.4, 0.5) is 0 Å². The lowest BCUT2D eigenvalue weighted by Crippen LogP contribution is -2.04. The van der Waals surface area contributed by atoms with Crippen molar-refractivity contribution < 1.29 is 9.47 Å². The molecule has 1 aliphatic rings. The highest BCUT2D eigenvalue weighted by Crippen LogP contribution is 2.38. The summed E-state index contributed by atoms with van der Waals surface area (Å²) < 4.78 is 15.2. The van der Waals surface area contributed by atoms with Crippen molar-refractivity contribution in [3.05, 3.63) is 60.4 Å². The van der Waals surface area contributed by atoms with Crippen molar-refractivity contribution in [1.82, 2.24) is 24.3 Å². The highest BCUT2D eigenvalue weighted by Gasteiger charge is 2.26. The molecule has 0 unspecified atom stereocenters. The first-order valence-electron chi connectivity index (χ1n) is 8.57. The van der Waals surface area contributed by atoms with Gasteiger partial charge in [-0.1, -0.05) is 6.07 Å². The summed E-state index contributed by atoms with van der Waals surface area (Å²) in [6.07, 6.45) is 3.80.